The second-order valence-electron chi connectivity index (χ2n) is 4.34. The number of carbonyl (C=O) groups excluding carboxylic acids is 1. The highest BCUT2D eigenvalue weighted by molar-refractivity contribution is 8.05. The van der Waals surface area contributed by atoms with Crippen LogP contribution in [0.2, 0.25) is 0 Å². The van der Waals surface area contributed by atoms with Crippen LogP contribution < -0.4 is 0 Å². The van der Waals surface area contributed by atoms with Gasteiger partial charge in [-0.2, -0.15) is 4.84 Å². The fourth-order valence-corrected chi connectivity index (χ4v) is 4.12. The maximum atomic E-state index is 12.5. The molecular weight excluding hydrogens is 315 g/mol. The minimum absolute atomic E-state index is 0.0351. The minimum Gasteiger partial charge on any atom is -0.616 e. The zero-order valence-electron chi connectivity index (χ0n) is 10.6. The maximum absolute atomic E-state index is 12.5. The zero-order chi connectivity index (χ0) is 15.1. The van der Waals surface area contributed by atoms with Crippen LogP contribution in [-0.4, -0.2) is 38.6 Å². The molecule has 3 atom stereocenters. The number of ketones is 1. The topological polar surface area (TPSA) is 52.6 Å². The Hall–Kier alpha value is -0.640. The van der Waals surface area contributed by atoms with Gasteiger partial charge in [-0.15, -0.1) is 13.2 Å². The van der Waals surface area contributed by atoms with E-state index in [1.54, 1.807) is 6.92 Å². The van der Waals surface area contributed by atoms with E-state index in [4.69, 9.17) is 0 Å². The number of thioether (sulfide) groups is 1. The van der Waals surface area contributed by atoms with Crippen molar-refractivity contribution in [2.24, 2.45) is 0 Å². The molecule has 4 nitrogen and oxygen atoms in total. The molecule has 0 spiro atoms. The molecule has 112 valence electrons. The lowest BCUT2D eigenvalue weighted by Gasteiger charge is -2.29. The number of fused-ring (bicyclic) bond motifs is 1. The smallest absolute Gasteiger partial charge is 0.544 e. The number of halogens is 3. The number of nitrogens with zero attached hydrogens (tertiary/aromatic N) is 1. The predicted molar refractivity (Wildman–Crippen MR) is 69.7 cm³/mol. The standard InChI is InChI=1S/C11H12F3NO3S2/c1-6(20(2)17)10-15(18-11(12,13)14)8-4-3-7(16)5-9(8)19-10/h4-6,10H,3H2,1-2H3. The van der Waals surface area contributed by atoms with Crippen LogP contribution in [0.3, 0.4) is 0 Å². The summed E-state index contributed by atoms with van der Waals surface area (Å²) in [4.78, 5) is 15.8. The summed E-state index contributed by atoms with van der Waals surface area (Å²) in [5.74, 6) is -0.172. The van der Waals surface area contributed by atoms with Crippen molar-refractivity contribution in [1.82, 2.24) is 5.06 Å². The summed E-state index contributed by atoms with van der Waals surface area (Å²) in [6.07, 6.45) is -0.675. The van der Waals surface area contributed by atoms with Crippen LogP contribution in [0.1, 0.15) is 13.3 Å². The van der Waals surface area contributed by atoms with Crippen LogP contribution >= 0.6 is 11.8 Å². The molecule has 20 heavy (non-hydrogen) atoms. The molecule has 1 fully saturated rings. The first-order chi connectivity index (χ1) is 9.19. The Balaban J connectivity index is 2.31. The van der Waals surface area contributed by atoms with Crippen molar-refractivity contribution in [2.45, 2.75) is 30.3 Å². The van der Waals surface area contributed by atoms with Crippen molar-refractivity contribution in [3.05, 3.63) is 22.8 Å². The fraction of sp³-hybridized carbons (Fsp3) is 0.545. The van der Waals surface area contributed by atoms with E-state index >= 15 is 0 Å². The molecule has 0 aromatic carbocycles. The second-order valence-corrected chi connectivity index (χ2v) is 7.24. The Kier molecular flexibility index (Phi) is 4.43. The van der Waals surface area contributed by atoms with Gasteiger partial charge >= 0.3 is 6.36 Å². The lowest BCUT2D eigenvalue weighted by molar-refractivity contribution is -0.406. The molecule has 0 bridgehead atoms. The van der Waals surface area contributed by atoms with Crippen molar-refractivity contribution < 1.29 is 27.4 Å². The van der Waals surface area contributed by atoms with E-state index in [0.29, 0.717) is 4.91 Å². The Morgan fingerprint density at radius 2 is 2.25 bits per heavy atom. The van der Waals surface area contributed by atoms with Gasteiger partial charge in [-0.1, -0.05) is 22.9 Å². The van der Waals surface area contributed by atoms with E-state index in [2.05, 4.69) is 4.84 Å². The first kappa shape index (κ1) is 15.7. The highest BCUT2D eigenvalue weighted by Crippen LogP contribution is 2.47. The summed E-state index contributed by atoms with van der Waals surface area (Å²) in [6.45, 7) is 1.58. The van der Waals surface area contributed by atoms with Crippen LogP contribution in [0.15, 0.2) is 22.8 Å². The summed E-state index contributed by atoms with van der Waals surface area (Å²) in [6, 6.07) is 0. The molecule has 0 radical (unpaired) electrons. The molecule has 1 aliphatic carbocycles. The molecule has 1 heterocycles. The number of hydrogen-bond donors (Lipinski definition) is 0. The third-order valence-electron chi connectivity index (χ3n) is 2.88. The van der Waals surface area contributed by atoms with Crippen LogP contribution in [0.25, 0.3) is 0 Å². The van der Waals surface area contributed by atoms with E-state index in [0.717, 1.165) is 16.8 Å². The molecule has 2 aliphatic rings. The summed E-state index contributed by atoms with van der Waals surface area (Å²) in [5.41, 5.74) is 0.217. The van der Waals surface area contributed by atoms with E-state index in [9.17, 15) is 22.5 Å². The van der Waals surface area contributed by atoms with Crippen LogP contribution in [-0.2, 0) is 20.8 Å². The van der Waals surface area contributed by atoms with Gasteiger partial charge in [0.2, 0.25) is 0 Å². The Morgan fingerprint density at radius 3 is 2.80 bits per heavy atom. The summed E-state index contributed by atoms with van der Waals surface area (Å²) in [5, 5.41) is -0.620. The summed E-state index contributed by atoms with van der Waals surface area (Å²) in [7, 11) is 0. The van der Waals surface area contributed by atoms with Crippen molar-refractivity contribution >= 4 is 28.7 Å². The van der Waals surface area contributed by atoms with Gasteiger partial charge in [0.25, 0.3) is 0 Å². The van der Waals surface area contributed by atoms with Crippen molar-refractivity contribution in [1.29, 1.82) is 0 Å². The maximum Gasteiger partial charge on any atom is 0.544 e. The monoisotopic (exact) mass is 327 g/mol. The third-order valence-corrected chi connectivity index (χ3v) is 5.78. The van der Waals surface area contributed by atoms with Crippen LogP contribution in [0.5, 0.6) is 0 Å². The Labute approximate surface area is 121 Å². The third kappa shape index (κ3) is 3.33. The molecule has 9 heteroatoms. The Morgan fingerprint density at radius 1 is 1.60 bits per heavy atom. The first-order valence-electron chi connectivity index (χ1n) is 5.68. The molecule has 3 unspecified atom stereocenters. The van der Waals surface area contributed by atoms with E-state index < -0.39 is 28.2 Å². The SMILES string of the molecule is CC(C1SC2=CC(=O)CC=C2N1OC(F)(F)F)[S+](C)[O-]. The average molecular weight is 327 g/mol. The van der Waals surface area contributed by atoms with Crippen LogP contribution in [0.4, 0.5) is 13.2 Å². The number of hydrogen-bond acceptors (Lipinski definition) is 5. The zero-order valence-corrected chi connectivity index (χ0v) is 12.3. The van der Waals surface area contributed by atoms with Crippen molar-refractivity contribution in [3.8, 4) is 0 Å². The van der Waals surface area contributed by atoms with Gasteiger partial charge in [0.1, 0.15) is 5.25 Å². The van der Waals surface area contributed by atoms with E-state index in [1.165, 1.54) is 18.4 Å². The molecule has 1 saturated heterocycles. The molecule has 0 N–H and O–H groups in total. The fourth-order valence-electron chi connectivity index (χ4n) is 1.85. The molecule has 0 aromatic heterocycles. The highest BCUT2D eigenvalue weighted by Gasteiger charge is 2.47. The summed E-state index contributed by atoms with van der Waals surface area (Å²) < 4.78 is 49.1. The molecule has 0 saturated carbocycles. The lowest BCUT2D eigenvalue weighted by Crippen LogP contribution is -2.42. The van der Waals surface area contributed by atoms with Gasteiger partial charge in [0.05, 0.1) is 12.0 Å². The molecule has 1 aliphatic heterocycles. The molecule has 0 aromatic rings. The largest absolute Gasteiger partial charge is 0.616 e. The minimum atomic E-state index is -4.84. The average Bonchev–Trinajstić information content (AvgIpc) is 2.63. The van der Waals surface area contributed by atoms with E-state index in [1.807, 2.05) is 0 Å². The number of alkyl halides is 3. The van der Waals surface area contributed by atoms with Gasteiger partial charge in [0, 0.05) is 11.3 Å². The number of rotatable bonds is 3. The quantitative estimate of drug-likeness (QED) is 0.745. The molecule has 2 rings (SSSR count). The van der Waals surface area contributed by atoms with E-state index in [-0.39, 0.29) is 17.9 Å². The first-order valence-corrected chi connectivity index (χ1v) is 8.18. The summed E-state index contributed by atoms with van der Waals surface area (Å²) >= 11 is -0.257. The van der Waals surface area contributed by atoms with Crippen molar-refractivity contribution in [3.63, 3.8) is 0 Å². The molecule has 0 amide bonds. The number of allylic oxidation sites excluding steroid dienone is 2. The highest BCUT2D eigenvalue weighted by atomic mass is 32.2. The van der Waals surface area contributed by atoms with Gasteiger partial charge in [-0.05, 0) is 19.1 Å². The molecular formula is C11H12F3NO3S2. The Bertz CT molecular complexity index is 476. The lowest BCUT2D eigenvalue weighted by atomic mass is 10.1. The van der Waals surface area contributed by atoms with Gasteiger partial charge in [-0.25, -0.2) is 5.06 Å². The number of hydroxylamine groups is 2. The normalized spacial score (nSPS) is 26.0. The van der Waals surface area contributed by atoms with Gasteiger partial charge in [0.15, 0.2) is 11.2 Å². The predicted octanol–water partition coefficient (Wildman–Crippen LogP) is 2.32. The van der Waals surface area contributed by atoms with Gasteiger partial charge < -0.3 is 4.55 Å². The van der Waals surface area contributed by atoms with Crippen LogP contribution in [0, 0.1) is 0 Å². The van der Waals surface area contributed by atoms with Crippen molar-refractivity contribution in [2.75, 3.05) is 6.26 Å². The second kappa shape index (κ2) is 5.63. The van der Waals surface area contributed by atoms with Gasteiger partial charge in [-0.3, -0.25) is 4.79 Å². The number of carbonyl (C=O) groups is 1.